The molecule has 0 spiro atoms. The molecule has 116 valence electrons. The summed E-state index contributed by atoms with van der Waals surface area (Å²) in [6.45, 7) is 3.02. The Balaban J connectivity index is 1.74. The number of carbonyl (C=O) groups is 1. The van der Waals surface area contributed by atoms with Crippen LogP contribution in [-0.2, 0) is 0 Å². The highest BCUT2D eigenvalue weighted by Gasteiger charge is 2.33. The SMILES string of the molecule is Cc1ccsc1[C@@H]1CCN(C(=O)c2ccncc2Cl)C[C@H]1O. The molecule has 3 heterocycles. The van der Waals surface area contributed by atoms with Gasteiger partial charge in [0.15, 0.2) is 0 Å². The van der Waals surface area contributed by atoms with E-state index in [1.54, 1.807) is 28.5 Å². The number of aliphatic hydroxyl groups is 1. The maximum atomic E-state index is 12.5. The number of rotatable bonds is 2. The van der Waals surface area contributed by atoms with Crippen molar-refractivity contribution in [2.75, 3.05) is 13.1 Å². The number of piperidine rings is 1. The molecule has 1 N–H and O–H groups in total. The normalized spacial score (nSPS) is 21.9. The van der Waals surface area contributed by atoms with Crippen molar-refractivity contribution in [2.45, 2.75) is 25.4 Å². The Kier molecular flexibility index (Phi) is 4.47. The second-order valence-corrected chi connectivity index (χ2v) is 6.89. The maximum Gasteiger partial charge on any atom is 0.255 e. The number of carbonyl (C=O) groups excluding carboxylic acids is 1. The van der Waals surface area contributed by atoms with Crippen molar-refractivity contribution in [1.29, 1.82) is 0 Å². The summed E-state index contributed by atoms with van der Waals surface area (Å²) in [4.78, 5) is 19.3. The van der Waals surface area contributed by atoms with Crippen LogP contribution in [0.1, 0.15) is 33.1 Å². The van der Waals surface area contributed by atoms with E-state index in [1.807, 2.05) is 5.38 Å². The summed E-state index contributed by atoms with van der Waals surface area (Å²) in [7, 11) is 0. The fourth-order valence-electron chi connectivity index (χ4n) is 2.91. The van der Waals surface area contributed by atoms with Crippen molar-refractivity contribution >= 4 is 28.8 Å². The van der Waals surface area contributed by atoms with Crippen LogP contribution in [0.3, 0.4) is 0 Å². The molecule has 0 bridgehead atoms. The monoisotopic (exact) mass is 336 g/mol. The minimum Gasteiger partial charge on any atom is -0.391 e. The number of thiophene rings is 1. The first kappa shape index (κ1) is 15.5. The van der Waals surface area contributed by atoms with Crippen LogP contribution >= 0.6 is 22.9 Å². The van der Waals surface area contributed by atoms with Gasteiger partial charge in [-0.2, -0.15) is 0 Å². The second kappa shape index (κ2) is 6.36. The van der Waals surface area contributed by atoms with Gasteiger partial charge in [0, 0.05) is 36.3 Å². The van der Waals surface area contributed by atoms with E-state index < -0.39 is 6.10 Å². The number of amides is 1. The fraction of sp³-hybridized carbons (Fsp3) is 0.375. The number of nitrogens with zero attached hydrogens (tertiary/aromatic N) is 2. The Morgan fingerprint density at radius 2 is 2.32 bits per heavy atom. The molecule has 0 unspecified atom stereocenters. The molecule has 2 aromatic heterocycles. The van der Waals surface area contributed by atoms with E-state index in [9.17, 15) is 9.90 Å². The molecule has 0 radical (unpaired) electrons. The third-order valence-corrected chi connectivity index (χ3v) is 5.56. The lowest BCUT2D eigenvalue weighted by Gasteiger charge is -2.36. The van der Waals surface area contributed by atoms with Crippen LogP contribution in [0.25, 0.3) is 0 Å². The molecule has 0 aromatic carbocycles. The molecule has 2 aromatic rings. The van der Waals surface area contributed by atoms with E-state index in [-0.39, 0.29) is 11.8 Å². The van der Waals surface area contributed by atoms with Crippen molar-refractivity contribution in [3.8, 4) is 0 Å². The van der Waals surface area contributed by atoms with Crippen LogP contribution in [0.4, 0.5) is 0 Å². The highest BCUT2D eigenvalue weighted by Crippen LogP contribution is 2.34. The molecular weight excluding hydrogens is 320 g/mol. The summed E-state index contributed by atoms with van der Waals surface area (Å²) >= 11 is 7.71. The third kappa shape index (κ3) is 2.89. The van der Waals surface area contributed by atoms with Gasteiger partial charge in [0.1, 0.15) is 0 Å². The lowest BCUT2D eigenvalue weighted by Crippen LogP contribution is -2.45. The van der Waals surface area contributed by atoms with Crippen LogP contribution < -0.4 is 0 Å². The number of hydrogen-bond acceptors (Lipinski definition) is 4. The molecule has 6 heteroatoms. The molecule has 1 amide bonds. The zero-order valence-corrected chi connectivity index (χ0v) is 13.8. The summed E-state index contributed by atoms with van der Waals surface area (Å²) in [5.41, 5.74) is 1.65. The Bertz CT molecular complexity index is 688. The fourth-order valence-corrected chi connectivity index (χ4v) is 4.23. The van der Waals surface area contributed by atoms with E-state index in [2.05, 4.69) is 18.0 Å². The van der Waals surface area contributed by atoms with Gasteiger partial charge in [-0.1, -0.05) is 11.6 Å². The van der Waals surface area contributed by atoms with Crippen LogP contribution in [0, 0.1) is 6.92 Å². The van der Waals surface area contributed by atoms with E-state index in [0.29, 0.717) is 23.7 Å². The van der Waals surface area contributed by atoms with Gasteiger partial charge in [-0.3, -0.25) is 9.78 Å². The molecule has 1 saturated heterocycles. The zero-order chi connectivity index (χ0) is 15.7. The maximum absolute atomic E-state index is 12.5. The van der Waals surface area contributed by atoms with Gasteiger partial charge in [-0.15, -0.1) is 11.3 Å². The van der Waals surface area contributed by atoms with E-state index in [4.69, 9.17) is 11.6 Å². The molecular formula is C16H17ClN2O2S. The van der Waals surface area contributed by atoms with Gasteiger partial charge in [0.25, 0.3) is 5.91 Å². The Morgan fingerprint density at radius 3 is 2.95 bits per heavy atom. The zero-order valence-electron chi connectivity index (χ0n) is 12.2. The number of pyridine rings is 1. The minimum absolute atomic E-state index is 0.108. The van der Waals surface area contributed by atoms with Gasteiger partial charge in [0.2, 0.25) is 0 Å². The largest absolute Gasteiger partial charge is 0.391 e. The number of β-amino-alcohol motifs (C(OH)–C–C–N with tert-alkyl or cyclic N) is 1. The number of halogens is 1. The average Bonchev–Trinajstić information content (AvgIpc) is 2.93. The number of hydrogen-bond donors (Lipinski definition) is 1. The molecule has 22 heavy (non-hydrogen) atoms. The van der Waals surface area contributed by atoms with E-state index in [1.165, 1.54) is 16.6 Å². The van der Waals surface area contributed by atoms with Gasteiger partial charge in [-0.25, -0.2) is 0 Å². The summed E-state index contributed by atoms with van der Waals surface area (Å²) in [6, 6.07) is 3.69. The minimum atomic E-state index is -0.546. The lowest BCUT2D eigenvalue weighted by molar-refractivity contribution is 0.0387. The first-order chi connectivity index (χ1) is 10.6. The van der Waals surface area contributed by atoms with Crippen LogP contribution in [0.2, 0.25) is 5.02 Å². The molecule has 4 nitrogen and oxygen atoms in total. The topological polar surface area (TPSA) is 53.4 Å². The molecule has 1 aliphatic rings. The summed E-state index contributed by atoms with van der Waals surface area (Å²) < 4.78 is 0. The lowest BCUT2D eigenvalue weighted by atomic mass is 9.90. The number of aryl methyl sites for hydroxylation is 1. The van der Waals surface area contributed by atoms with Crippen LogP contribution in [0.15, 0.2) is 29.9 Å². The standard InChI is InChI=1S/C16H17ClN2O2S/c1-10-4-7-22-15(10)12-3-6-19(9-14(12)20)16(21)11-2-5-18-8-13(11)17/h2,4-5,7-8,12,14,20H,3,6,9H2,1H3/t12-,14-/m1/s1. The predicted octanol–water partition coefficient (Wildman–Crippen LogP) is 3.10. The summed E-state index contributed by atoms with van der Waals surface area (Å²) in [6.07, 6.45) is 3.23. The Hall–Kier alpha value is -1.43. The quantitative estimate of drug-likeness (QED) is 0.916. The van der Waals surface area contributed by atoms with Gasteiger partial charge < -0.3 is 10.0 Å². The molecule has 3 rings (SSSR count). The van der Waals surface area contributed by atoms with Crippen LogP contribution in [-0.4, -0.2) is 40.1 Å². The van der Waals surface area contributed by atoms with Crippen molar-refractivity contribution < 1.29 is 9.90 Å². The van der Waals surface area contributed by atoms with E-state index >= 15 is 0 Å². The van der Waals surface area contributed by atoms with Crippen molar-refractivity contribution in [3.05, 3.63) is 50.9 Å². The first-order valence-electron chi connectivity index (χ1n) is 7.18. The van der Waals surface area contributed by atoms with E-state index in [0.717, 1.165) is 6.42 Å². The van der Waals surface area contributed by atoms with Gasteiger partial charge in [-0.05, 0) is 36.4 Å². The molecule has 0 aliphatic carbocycles. The van der Waals surface area contributed by atoms with Crippen molar-refractivity contribution in [3.63, 3.8) is 0 Å². The second-order valence-electron chi connectivity index (χ2n) is 5.54. The molecule has 2 atom stereocenters. The average molecular weight is 337 g/mol. The Labute approximate surface area is 138 Å². The predicted molar refractivity (Wildman–Crippen MR) is 87.6 cm³/mol. The number of likely N-dealkylation sites (tertiary alicyclic amines) is 1. The number of aromatic nitrogens is 1. The first-order valence-corrected chi connectivity index (χ1v) is 8.44. The Morgan fingerprint density at radius 1 is 1.50 bits per heavy atom. The smallest absolute Gasteiger partial charge is 0.255 e. The van der Waals surface area contributed by atoms with Crippen molar-refractivity contribution in [1.82, 2.24) is 9.88 Å². The highest BCUT2D eigenvalue weighted by atomic mass is 35.5. The van der Waals surface area contributed by atoms with Crippen LogP contribution in [0.5, 0.6) is 0 Å². The summed E-state index contributed by atoms with van der Waals surface area (Å²) in [5, 5.41) is 12.9. The van der Waals surface area contributed by atoms with Gasteiger partial charge >= 0.3 is 0 Å². The number of aliphatic hydroxyl groups excluding tert-OH is 1. The summed E-state index contributed by atoms with van der Waals surface area (Å²) in [5.74, 6) is -0.0373. The molecule has 0 saturated carbocycles. The third-order valence-electron chi connectivity index (χ3n) is 4.11. The van der Waals surface area contributed by atoms with Gasteiger partial charge in [0.05, 0.1) is 16.7 Å². The molecule has 1 aliphatic heterocycles. The highest BCUT2D eigenvalue weighted by molar-refractivity contribution is 7.10. The molecule has 1 fully saturated rings. The van der Waals surface area contributed by atoms with Crippen molar-refractivity contribution in [2.24, 2.45) is 0 Å².